The van der Waals surface area contributed by atoms with Gasteiger partial charge in [-0.2, -0.15) is 0 Å². The summed E-state index contributed by atoms with van der Waals surface area (Å²) in [6, 6.07) is 9.70. The minimum Gasteiger partial charge on any atom is -0.478 e. The quantitative estimate of drug-likeness (QED) is 0.657. The summed E-state index contributed by atoms with van der Waals surface area (Å²) in [5.74, 6) is -0.933. The first-order valence-electron chi connectivity index (χ1n) is 5.83. The fraction of sp³-hybridized carbons (Fsp3) is 0.267. The normalized spacial score (nSPS) is 10.7. The van der Waals surface area contributed by atoms with Gasteiger partial charge in [-0.3, -0.25) is 0 Å². The van der Waals surface area contributed by atoms with Crippen LogP contribution < -0.4 is 0 Å². The molecule has 1 N–H and O–H groups in total. The Kier molecular flexibility index (Phi) is 9.23. The third kappa shape index (κ3) is 10.6. The van der Waals surface area contributed by atoms with Gasteiger partial charge in [-0.05, 0) is 26.2 Å². The van der Waals surface area contributed by atoms with Crippen LogP contribution in [0.15, 0.2) is 48.6 Å². The first kappa shape index (κ1) is 16.1. The van der Waals surface area contributed by atoms with Crippen molar-refractivity contribution in [1.82, 2.24) is 4.90 Å². The molecule has 0 heterocycles. The van der Waals surface area contributed by atoms with E-state index in [-0.39, 0.29) is 0 Å². The summed E-state index contributed by atoms with van der Waals surface area (Å²) in [6.45, 7) is 3.26. The number of carboxylic acids is 1. The van der Waals surface area contributed by atoms with Gasteiger partial charge >= 0.3 is 5.97 Å². The van der Waals surface area contributed by atoms with E-state index in [4.69, 9.17) is 5.11 Å². The maximum atomic E-state index is 10.1. The average Bonchev–Trinajstić information content (AvgIpc) is 2.36. The lowest BCUT2D eigenvalue weighted by Gasteiger charge is -2.00. The Balaban J connectivity index is 0.000000494. The second-order valence-corrected chi connectivity index (χ2v) is 3.86. The van der Waals surface area contributed by atoms with Crippen molar-refractivity contribution < 1.29 is 9.90 Å². The summed E-state index contributed by atoms with van der Waals surface area (Å²) in [5, 5.41) is 8.29. The second-order valence-electron chi connectivity index (χ2n) is 3.86. The van der Waals surface area contributed by atoms with Gasteiger partial charge in [0.1, 0.15) is 0 Å². The summed E-state index contributed by atoms with van der Waals surface area (Å²) >= 11 is 0. The monoisotopic (exact) mass is 247 g/mol. The molecule has 3 nitrogen and oxygen atoms in total. The van der Waals surface area contributed by atoms with Crippen molar-refractivity contribution in [3.05, 3.63) is 54.1 Å². The minimum absolute atomic E-state index is 0.933. The van der Waals surface area contributed by atoms with Crippen molar-refractivity contribution in [2.24, 2.45) is 0 Å². The summed E-state index contributed by atoms with van der Waals surface area (Å²) in [4.78, 5) is 12.2. The highest BCUT2D eigenvalue weighted by molar-refractivity contribution is 5.80. The third-order valence-corrected chi connectivity index (χ3v) is 2.07. The summed E-state index contributed by atoms with van der Waals surface area (Å²) in [7, 11) is 4.11. The van der Waals surface area contributed by atoms with E-state index in [0.717, 1.165) is 18.2 Å². The van der Waals surface area contributed by atoms with Gasteiger partial charge in [0, 0.05) is 6.08 Å². The zero-order valence-electron chi connectivity index (χ0n) is 11.2. The van der Waals surface area contributed by atoms with E-state index in [9.17, 15) is 4.79 Å². The lowest BCUT2D eigenvalue weighted by atomic mass is 10.2. The number of nitrogens with zero attached hydrogens (tertiary/aromatic N) is 1. The van der Waals surface area contributed by atoms with Crippen molar-refractivity contribution in [3.63, 3.8) is 0 Å². The number of carbonyl (C=O) groups is 1. The highest BCUT2D eigenvalue weighted by atomic mass is 16.4. The molecule has 1 rings (SSSR count). The number of allylic oxidation sites excluding steroid dienone is 2. The number of hydrogen-bond donors (Lipinski definition) is 1. The maximum Gasteiger partial charge on any atom is 0.328 e. The Labute approximate surface area is 109 Å². The van der Waals surface area contributed by atoms with Gasteiger partial charge in [-0.1, -0.05) is 55.5 Å². The molecular formula is C15H21NO2. The van der Waals surface area contributed by atoms with Gasteiger partial charge in [0.15, 0.2) is 0 Å². The molecule has 0 fully saturated rings. The molecule has 18 heavy (non-hydrogen) atoms. The highest BCUT2D eigenvalue weighted by Crippen LogP contribution is 2.00. The van der Waals surface area contributed by atoms with Gasteiger partial charge in [0.2, 0.25) is 0 Å². The Morgan fingerprint density at radius 3 is 2.22 bits per heavy atom. The number of hydrogen-bond acceptors (Lipinski definition) is 2. The fourth-order valence-corrected chi connectivity index (χ4v) is 0.869. The fourth-order valence-electron chi connectivity index (χ4n) is 0.869. The standard InChI is InChI=1S/C11H10O2.C4H11N/c12-11(13)9-5-4-8-10-6-2-1-3-7-10;1-4-5(2)3/h1-9H,(H,12,13);4H2,1-3H3. The SMILES string of the molecule is CCN(C)C.O=C(O)C=CC=Cc1ccccc1. The number of aliphatic carboxylic acids is 1. The molecule has 0 radical (unpaired) electrons. The van der Waals surface area contributed by atoms with Crippen LogP contribution >= 0.6 is 0 Å². The summed E-state index contributed by atoms with van der Waals surface area (Å²) in [6.07, 6.45) is 6.14. The number of carboxylic acid groups (broad SMARTS) is 1. The van der Waals surface area contributed by atoms with Crippen molar-refractivity contribution in [1.29, 1.82) is 0 Å². The lowest BCUT2D eigenvalue weighted by Crippen LogP contribution is -2.08. The van der Waals surface area contributed by atoms with E-state index in [1.165, 1.54) is 6.08 Å². The first-order valence-corrected chi connectivity index (χ1v) is 5.83. The molecule has 0 aliphatic carbocycles. The van der Waals surface area contributed by atoms with Gasteiger partial charge in [-0.15, -0.1) is 0 Å². The molecule has 0 saturated heterocycles. The molecule has 0 aromatic heterocycles. The van der Waals surface area contributed by atoms with Gasteiger partial charge in [-0.25, -0.2) is 4.79 Å². The summed E-state index contributed by atoms with van der Waals surface area (Å²) in [5.41, 5.74) is 1.05. The molecule has 0 saturated carbocycles. The van der Waals surface area contributed by atoms with Crippen LogP contribution in [-0.4, -0.2) is 36.6 Å². The van der Waals surface area contributed by atoms with E-state index in [1.807, 2.05) is 36.4 Å². The third-order valence-electron chi connectivity index (χ3n) is 2.07. The van der Waals surface area contributed by atoms with E-state index in [2.05, 4.69) is 25.9 Å². The molecule has 0 aliphatic rings. The van der Waals surface area contributed by atoms with E-state index in [0.29, 0.717) is 0 Å². The number of benzene rings is 1. The van der Waals surface area contributed by atoms with Gasteiger partial charge in [0.25, 0.3) is 0 Å². The predicted molar refractivity (Wildman–Crippen MR) is 76.5 cm³/mol. The van der Waals surface area contributed by atoms with Crippen molar-refractivity contribution in [3.8, 4) is 0 Å². The zero-order valence-corrected chi connectivity index (χ0v) is 11.2. The average molecular weight is 247 g/mol. The molecule has 0 atom stereocenters. The Morgan fingerprint density at radius 1 is 1.22 bits per heavy atom. The van der Waals surface area contributed by atoms with Crippen LogP contribution in [0.5, 0.6) is 0 Å². The maximum absolute atomic E-state index is 10.1. The first-order chi connectivity index (χ1) is 8.56. The van der Waals surface area contributed by atoms with Crippen LogP contribution in [-0.2, 0) is 4.79 Å². The lowest BCUT2D eigenvalue weighted by molar-refractivity contribution is -0.131. The molecule has 1 aromatic carbocycles. The van der Waals surface area contributed by atoms with Crippen molar-refractivity contribution in [2.45, 2.75) is 6.92 Å². The van der Waals surface area contributed by atoms with Crippen LogP contribution in [0, 0.1) is 0 Å². The van der Waals surface area contributed by atoms with Gasteiger partial charge < -0.3 is 10.0 Å². The van der Waals surface area contributed by atoms with E-state index < -0.39 is 5.97 Å². The van der Waals surface area contributed by atoms with Crippen LogP contribution in [0.25, 0.3) is 6.08 Å². The Bertz CT molecular complexity index is 381. The molecule has 98 valence electrons. The Hall–Kier alpha value is -1.87. The van der Waals surface area contributed by atoms with E-state index >= 15 is 0 Å². The van der Waals surface area contributed by atoms with Crippen molar-refractivity contribution in [2.75, 3.05) is 20.6 Å². The molecule has 0 aliphatic heterocycles. The molecule has 1 aromatic rings. The highest BCUT2D eigenvalue weighted by Gasteiger charge is 1.82. The number of rotatable bonds is 4. The summed E-state index contributed by atoms with van der Waals surface area (Å²) < 4.78 is 0. The predicted octanol–water partition coefficient (Wildman–Crippen LogP) is 2.91. The van der Waals surface area contributed by atoms with Gasteiger partial charge in [0.05, 0.1) is 0 Å². The van der Waals surface area contributed by atoms with Crippen LogP contribution in [0.2, 0.25) is 0 Å². The molecule has 0 amide bonds. The molecule has 0 bridgehead atoms. The Morgan fingerprint density at radius 2 is 1.78 bits per heavy atom. The van der Waals surface area contributed by atoms with Crippen LogP contribution in [0.4, 0.5) is 0 Å². The topological polar surface area (TPSA) is 40.5 Å². The largest absolute Gasteiger partial charge is 0.478 e. The molecule has 0 spiro atoms. The minimum atomic E-state index is -0.933. The van der Waals surface area contributed by atoms with Crippen molar-refractivity contribution >= 4 is 12.0 Å². The van der Waals surface area contributed by atoms with E-state index in [1.54, 1.807) is 6.08 Å². The second kappa shape index (κ2) is 10.3. The molecule has 3 heteroatoms. The molecule has 0 unspecified atom stereocenters. The zero-order chi connectivity index (χ0) is 13.8. The van der Waals surface area contributed by atoms with Crippen LogP contribution in [0.1, 0.15) is 12.5 Å². The molecular weight excluding hydrogens is 226 g/mol. The van der Waals surface area contributed by atoms with Crippen LogP contribution in [0.3, 0.4) is 0 Å². The smallest absolute Gasteiger partial charge is 0.328 e.